The number of nitrogens with one attached hydrogen (secondary N) is 1. The highest BCUT2D eigenvalue weighted by Crippen LogP contribution is 2.37. The van der Waals surface area contributed by atoms with E-state index in [4.69, 9.17) is 9.47 Å². The second kappa shape index (κ2) is 9.55. The lowest BCUT2D eigenvalue weighted by molar-refractivity contribution is -0.116. The molecule has 0 fully saturated rings. The summed E-state index contributed by atoms with van der Waals surface area (Å²) in [6.07, 6.45) is 0.973. The van der Waals surface area contributed by atoms with E-state index in [1.54, 1.807) is 13.8 Å². The molecule has 0 spiro atoms. The zero-order valence-corrected chi connectivity index (χ0v) is 18.4. The molecule has 1 aromatic heterocycles. The van der Waals surface area contributed by atoms with Crippen LogP contribution in [0.3, 0.4) is 0 Å². The van der Waals surface area contributed by atoms with Gasteiger partial charge in [-0.05, 0) is 25.8 Å². The lowest BCUT2D eigenvalue weighted by Gasteiger charge is -2.26. The van der Waals surface area contributed by atoms with E-state index < -0.39 is 34.5 Å². The summed E-state index contributed by atoms with van der Waals surface area (Å²) in [6, 6.07) is 0. The Morgan fingerprint density at radius 1 is 1.21 bits per heavy atom. The SMILES string of the molecule is CCOC(=O)c1c(NC(=O)CN(C)S(C)(=O)=O)sc2c1CCN(C(=O)OCC)C2. The van der Waals surface area contributed by atoms with E-state index in [0.717, 1.165) is 21.0 Å². The minimum absolute atomic E-state index is 0.169. The van der Waals surface area contributed by atoms with E-state index in [0.29, 0.717) is 13.0 Å². The fraction of sp³-hybridized carbons (Fsp3) is 0.588. The highest BCUT2D eigenvalue weighted by Gasteiger charge is 2.31. The van der Waals surface area contributed by atoms with Gasteiger partial charge >= 0.3 is 12.1 Å². The second-order valence-corrected chi connectivity index (χ2v) is 9.56. The molecule has 1 aliphatic rings. The molecular formula is C17H25N3O7S2. The first-order valence-electron chi connectivity index (χ1n) is 9.02. The number of likely N-dealkylation sites (N-methyl/N-ethyl adjacent to an activating group) is 1. The van der Waals surface area contributed by atoms with Crippen LogP contribution >= 0.6 is 11.3 Å². The Morgan fingerprint density at radius 2 is 1.86 bits per heavy atom. The van der Waals surface area contributed by atoms with E-state index >= 15 is 0 Å². The van der Waals surface area contributed by atoms with Crippen LogP contribution in [0.15, 0.2) is 0 Å². The van der Waals surface area contributed by atoms with Crippen LogP contribution in [0, 0.1) is 0 Å². The highest BCUT2D eigenvalue weighted by atomic mass is 32.2. The van der Waals surface area contributed by atoms with Crippen LogP contribution in [0.1, 0.15) is 34.6 Å². The normalized spacial score (nSPS) is 13.8. The van der Waals surface area contributed by atoms with Crippen LogP contribution in [0.25, 0.3) is 0 Å². The Hall–Kier alpha value is -2.18. The van der Waals surface area contributed by atoms with E-state index in [9.17, 15) is 22.8 Å². The quantitative estimate of drug-likeness (QED) is 0.625. The minimum Gasteiger partial charge on any atom is -0.462 e. The number of ether oxygens (including phenoxy) is 2. The Kier molecular flexibility index (Phi) is 7.60. The first-order chi connectivity index (χ1) is 13.6. The van der Waals surface area contributed by atoms with Crippen LogP contribution in [-0.4, -0.2) is 75.2 Å². The summed E-state index contributed by atoms with van der Waals surface area (Å²) in [5.74, 6) is -1.15. The number of amides is 2. The number of rotatable bonds is 7. The van der Waals surface area contributed by atoms with Gasteiger partial charge in [-0.25, -0.2) is 18.0 Å². The molecule has 0 aromatic carbocycles. The smallest absolute Gasteiger partial charge is 0.410 e. The largest absolute Gasteiger partial charge is 0.462 e. The average Bonchev–Trinajstić information content (AvgIpc) is 2.97. The zero-order valence-electron chi connectivity index (χ0n) is 16.8. The number of sulfonamides is 1. The summed E-state index contributed by atoms with van der Waals surface area (Å²) in [7, 11) is -2.23. The number of thiophene rings is 1. The van der Waals surface area contributed by atoms with Gasteiger partial charge in [-0.2, -0.15) is 4.31 Å². The molecule has 12 heteroatoms. The van der Waals surface area contributed by atoms with E-state index in [2.05, 4.69) is 5.32 Å². The fourth-order valence-electron chi connectivity index (χ4n) is 2.77. The predicted molar refractivity (Wildman–Crippen MR) is 108 cm³/mol. The number of anilines is 1. The number of fused-ring (bicyclic) bond motifs is 1. The van der Waals surface area contributed by atoms with Gasteiger partial charge in [0.1, 0.15) is 5.00 Å². The standard InChI is InChI=1S/C17H25N3O7S2/c1-5-26-16(22)14-11-7-8-20(17(23)27-6-2)9-12(11)28-15(14)18-13(21)10-19(3)29(4,24)25/h5-10H2,1-4H3,(H,18,21). The molecule has 1 aromatic rings. The fourth-order valence-corrected chi connectivity index (χ4v) is 4.39. The maximum Gasteiger partial charge on any atom is 0.410 e. The molecular weight excluding hydrogens is 422 g/mol. The van der Waals surface area contributed by atoms with Crippen molar-refractivity contribution in [2.24, 2.45) is 0 Å². The molecule has 2 rings (SSSR count). The van der Waals surface area contributed by atoms with Gasteiger partial charge in [0.05, 0.1) is 38.1 Å². The predicted octanol–water partition coefficient (Wildman–Crippen LogP) is 1.27. The van der Waals surface area contributed by atoms with Crippen molar-refractivity contribution < 1.29 is 32.3 Å². The van der Waals surface area contributed by atoms with E-state index in [-0.39, 0.29) is 30.3 Å². The van der Waals surface area contributed by atoms with Crippen molar-refractivity contribution >= 4 is 44.3 Å². The molecule has 1 aliphatic heterocycles. The number of esters is 1. The molecule has 0 atom stereocenters. The third-order valence-electron chi connectivity index (χ3n) is 4.25. The first-order valence-corrected chi connectivity index (χ1v) is 11.7. The molecule has 0 aliphatic carbocycles. The molecule has 0 saturated carbocycles. The van der Waals surface area contributed by atoms with Crippen molar-refractivity contribution in [3.05, 3.63) is 16.0 Å². The molecule has 29 heavy (non-hydrogen) atoms. The molecule has 0 unspecified atom stereocenters. The van der Waals surface area contributed by atoms with E-state index in [1.165, 1.54) is 23.3 Å². The molecule has 10 nitrogen and oxygen atoms in total. The van der Waals surface area contributed by atoms with Gasteiger partial charge in [-0.3, -0.25) is 4.79 Å². The Balaban J connectivity index is 2.29. The van der Waals surface area contributed by atoms with Crippen LogP contribution in [0.5, 0.6) is 0 Å². The van der Waals surface area contributed by atoms with Crippen LogP contribution in [0.2, 0.25) is 0 Å². The first kappa shape index (κ1) is 23.1. The van der Waals surface area contributed by atoms with Crippen molar-refractivity contribution in [1.29, 1.82) is 0 Å². The molecule has 2 heterocycles. The van der Waals surface area contributed by atoms with Crippen molar-refractivity contribution in [1.82, 2.24) is 9.21 Å². The Labute approximate surface area is 173 Å². The lowest BCUT2D eigenvalue weighted by atomic mass is 10.0. The topological polar surface area (TPSA) is 122 Å². The molecule has 1 N–H and O–H groups in total. The third kappa shape index (κ3) is 5.67. The van der Waals surface area contributed by atoms with Gasteiger partial charge < -0.3 is 19.7 Å². The monoisotopic (exact) mass is 447 g/mol. The summed E-state index contributed by atoms with van der Waals surface area (Å²) < 4.78 is 34.1. The zero-order chi connectivity index (χ0) is 21.8. The molecule has 2 amide bonds. The number of hydrogen-bond donors (Lipinski definition) is 1. The summed E-state index contributed by atoms with van der Waals surface area (Å²) in [5, 5.41) is 2.90. The molecule has 162 valence electrons. The van der Waals surface area contributed by atoms with Crippen LogP contribution in [-0.2, 0) is 37.3 Å². The average molecular weight is 448 g/mol. The van der Waals surface area contributed by atoms with Crippen molar-refractivity contribution in [3.8, 4) is 0 Å². The number of carbonyl (C=O) groups excluding carboxylic acids is 3. The van der Waals surface area contributed by atoms with Crippen LogP contribution < -0.4 is 5.32 Å². The van der Waals surface area contributed by atoms with Gasteiger partial charge in [0, 0.05) is 18.5 Å². The molecule has 0 saturated heterocycles. The summed E-state index contributed by atoms with van der Waals surface area (Å²) in [4.78, 5) is 39.1. The summed E-state index contributed by atoms with van der Waals surface area (Å²) in [5.41, 5.74) is 0.978. The second-order valence-electron chi connectivity index (χ2n) is 6.37. The Morgan fingerprint density at radius 3 is 2.45 bits per heavy atom. The van der Waals surface area contributed by atoms with E-state index in [1.807, 2.05) is 0 Å². The van der Waals surface area contributed by atoms with Crippen LogP contribution in [0.4, 0.5) is 9.80 Å². The minimum atomic E-state index is -3.52. The molecule has 0 bridgehead atoms. The van der Waals surface area contributed by atoms with Gasteiger partial charge in [-0.1, -0.05) is 0 Å². The number of hydrogen-bond acceptors (Lipinski definition) is 8. The number of carbonyl (C=O) groups is 3. The van der Waals surface area contributed by atoms with Gasteiger partial charge in [0.2, 0.25) is 15.9 Å². The maximum atomic E-state index is 12.5. The van der Waals surface area contributed by atoms with Crippen molar-refractivity contribution in [2.75, 3.05) is 44.9 Å². The highest BCUT2D eigenvalue weighted by molar-refractivity contribution is 7.88. The summed E-state index contributed by atoms with van der Waals surface area (Å²) in [6.45, 7) is 4.07. The van der Waals surface area contributed by atoms with Gasteiger partial charge in [0.15, 0.2) is 0 Å². The molecule has 0 radical (unpaired) electrons. The third-order valence-corrected chi connectivity index (χ3v) is 6.64. The van der Waals surface area contributed by atoms with Gasteiger partial charge in [0.25, 0.3) is 0 Å². The maximum absolute atomic E-state index is 12.5. The lowest BCUT2D eigenvalue weighted by Crippen LogP contribution is -2.36. The summed E-state index contributed by atoms with van der Waals surface area (Å²) >= 11 is 1.17. The number of nitrogens with zero attached hydrogens (tertiary/aromatic N) is 2. The van der Waals surface area contributed by atoms with Gasteiger partial charge in [-0.15, -0.1) is 11.3 Å². The van der Waals surface area contributed by atoms with Crippen molar-refractivity contribution in [3.63, 3.8) is 0 Å². The van der Waals surface area contributed by atoms with Crippen molar-refractivity contribution in [2.45, 2.75) is 26.8 Å². The Bertz CT molecular complexity index is 895.